The summed E-state index contributed by atoms with van der Waals surface area (Å²) in [6, 6.07) is 0. The molecular formula is C12H28N4. The third-order valence-electron chi connectivity index (χ3n) is 2.20. The summed E-state index contributed by atoms with van der Waals surface area (Å²) < 4.78 is 0. The summed E-state index contributed by atoms with van der Waals surface area (Å²) in [5, 5.41) is 6.59. The van der Waals surface area contributed by atoms with Crippen molar-refractivity contribution in [3.8, 4) is 0 Å². The van der Waals surface area contributed by atoms with E-state index < -0.39 is 0 Å². The molecule has 0 amide bonds. The molecule has 0 saturated heterocycles. The fraction of sp³-hybridized carbons (Fsp3) is 0.917. The molecule has 0 radical (unpaired) electrons. The summed E-state index contributed by atoms with van der Waals surface area (Å²) in [6.07, 6.45) is 3.52. The minimum atomic E-state index is 0.889. The zero-order valence-corrected chi connectivity index (χ0v) is 11.3. The summed E-state index contributed by atoms with van der Waals surface area (Å²) in [6.45, 7) is 8.21. The van der Waals surface area contributed by atoms with Crippen molar-refractivity contribution < 1.29 is 0 Å². The first-order valence-electron chi connectivity index (χ1n) is 6.37. The van der Waals surface area contributed by atoms with Crippen LogP contribution in [-0.2, 0) is 0 Å². The number of unbranched alkanes of at least 4 members (excludes halogenated alkanes) is 1. The van der Waals surface area contributed by atoms with Crippen molar-refractivity contribution in [3.63, 3.8) is 0 Å². The third kappa shape index (κ3) is 9.77. The number of nitrogens with one attached hydrogen (secondary N) is 2. The summed E-state index contributed by atoms with van der Waals surface area (Å²) >= 11 is 0. The Balaban J connectivity index is 3.74. The minimum absolute atomic E-state index is 0.889. The van der Waals surface area contributed by atoms with E-state index in [2.05, 4.69) is 48.5 Å². The smallest absolute Gasteiger partial charge is 0.191 e. The lowest BCUT2D eigenvalue weighted by Crippen LogP contribution is -2.37. The molecule has 0 aromatic heterocycles. The van der Waals surface area contributed by atoms with E-state index in [1.807, 2.05) is 0 Å². The van der Waals surface area contributed by atoms with Crippen LogP contribution in [0, 0.1) is 0 Å². The lowest BCUT2D eigenvalue weighted by atomic mass is 10.3. The van der Waals surface area contributed by atoms with E-state index >= 15 is 0 Å². The summed E-state index contributed by atoms with van der Waals surface area (Å²) in [4.78, 5) is 6.71. The molecule has 16 heavy (non-hydrogen) atoms. The molecule has 96 valence electrons. The van der Waals surface area contributed by atoms with Crippen LogP contribution in [0.15, 0.2) is 4.99 Å². The van der Waals surface area contributed by atoms with Gasteiger partial charge in [-0.25, -0.2) is 0 Å². The molecule has 0 aromatic carbocycles. The maximum atomic E-state index is 4.52. The van der Waals surface area contributed by atoms with Gasteiger partial charge in [-0.05, 0) is 40.4 Å². The van der Waals surface area contributed by atoms with Crippen LogP contribution in [0.2, 0.25) is 0 Å². The molecule has 4 heteroatoms. The number of hydrogen-bond acceptors (Lipinski definition) is 2. The van der Waals surface area contributed by atoms with Crippen LogP contribution in [-0.4, -0.2) is 51.1 Å². The van der Waals surface area contributed by atoms with Crippen molar-refractivity contribution in [2.45, 2.75) is 33.1 Å². The van der Waals surface area contributed by atoms with Gasteiger partial charge in [-0.3, -0.25) is 4.99 Å². The monoisotopic (exact) mass is 228 g/mol. The van der Waals surface area contributed by atoms with Crippen molar-refractivity contribution in [3.05, 3.63) is 0 Å². The van der Waals surface area contributed by atoms with Gasteiger partial charge in [-0.2, -0.15) is 0 Å². The molecule has 2 N–H and O–H groups in total. The Morgan fingerprint density at radius 3 is 2.44 bits per heavy atom. The van der Waals surface area contributed by atoms with Crippen molar-refractivity contribution in [1.29, 1.82) is 0 Å². The Labute approximate surface area is 101 Å². The normalized spacial score (nSPS) is 11.9. The standard InChI is InChI=1S/C12H28N4/c1-5-7-9-14-12(13-6-2)15-10-8-11-16(3)4/h5-11H2,1-4H3,(H2,13,14,15). The maximum Gasteiger partial charge on any atom is 0.191 e. The predicted molar refractivity (Wildman–Crippen MR) is 72.1 cm³/mol. The lowest BCUT2D eigenvalue weighted by Gasteiger charge is -2.11. The molecule has 0 unspecified atom stereocenters. The van der Waals surface area contributed by atoms with Crippen molar-refractivity contribution in [2.75, 3.05) is 40.3 Å². The zero-order chi connectivity index (χ0) is 12.2. The minimum Gasteiger partial charge on any atom is -0.357 e. The topological polar surface area (TPSA) is 39.7 Å². The Morgan fingerprint density at radius 2 is 1.88 bits per heavy atom. The molecule has 0 spiro atoms. The molecule has 0 heterocycles. The average Bonchev–Trinajstić information content (AvgIpc) is 2.24. The Kier molecular flexibility index (Phi) is 10.2. The van der Waals surface area contributed by atoms with E-state index in [1.165, 1.54) is 12.8 Å². The van der Waals surface area contributed by atoms with Crippen LogP contribution in [0.3, 0.4) is 0 Å². The maximum absolute atomic E-state index is 4.52. The van der Waals surface area contributed by atoms with Crippen molar-refractivity contribution in [1.82, 2.24) is 15.5 Å². The van der Waals surface area contributed by atoms with Crippen LogP contribution < -0.4 is 10.6 Å². The number of guanidine groups is 1. The third-order valence-corrected chi connectivity index (χ3v) is 2.20. The molecule has 0 aliphatic rings. The number of nitrogens with zero attached hydrogens (tertiary/aromatic N) is 2. The second-order valence-corrected chi connectivity index (χ2v) is 4.20. The highest BCUT2D eigenvalue weighted by Crippen LogP contribution is 1.86. The van der Waals surface area contributed by atoms with E-state index in [9.17, 15) is 0 Å². The first-order chi connectivity index (χ1) is 7.70. The van der Waals surface area contributed by atoms with Crippen molar-refractivity contribution in [2.24, 2.45) is 4.99 Å². The van der Waals surface area contributed by atoms with Gasteiger partial charge in [0.1, 0.15) is 0 Å². The summed E-state index contributed by atoms with van der Waals surface area (Å²) in [7, 11) is 4.18. The summed E-state index contributed by atoms with van der Waals surface area (Å²) in [5.74, 6) is 0.953. The van der Waals surface area contributed by atoms with E-state index in [0.717, 1.165) is 38.6 Å². The van der Waals surface area contributed by atoms with Gasteiger partial charge in [-0.1, -0.05) is 13.3 Å². The highest BCUT2D eigenvalue weighted by atomic mass is 15.2. The van der Waals surface area contributed by atoms with Crippen LogP contribution in [0.25, 0.3) is 0 Å². The van der Waals surface area contributed by atoms with Crippen LogP contribution in [0.1, 0.15) is 33.1 Å². The molecule has 0 atom stereocenters. The van der Waals surface area contributed by atoms with E-state index in [4.69, 9.17) is 0 Å². The van der Waals surface area contributed by atoms with Crippen molar-refractivity contribution >= 4 is 5.96 Å². The molecule has 0 aliphatic heterocycles. The molecule has 0 aliphatic carbocycles. The Bertz CT molecular complexity index is 178. The molecular weight excluding hydrogens is 200 g/mol. The number of hydrogen-bond donors (Lipinski definition) is 2. The quantitative estimate of drug-likeness (QED) is 0.374. The lowest BCUT2D eigenvalue weighted by molar-refractivity contribution is 0.403. The second kappa shape index (κ2) is 10.7. The molecule has 0 bridgehead atoms. The van der Waals surface area contributed by atoms with Gasteiger partial charge < -0.3 is 15.5 Å². The number of aliphatic imine (C=N–C) groups is 1. The van der Waals surface area contributed by atoms with Gasteiger partial charge in [0.2, 0.25) is 0 Å². The molecule has 0 fully saturated rings. The zero-order valence-electron chi connectivity index (χ0n) is 11.3. The van der Waals surface area contributed by atoms with Crippen LogP contribution in [0.4, 0.5) is 0 Å². The van der Waals surface area contributed by atoms with Crippen LogP contribution >= 0.6 is 0 Å². The molecule has 0 saturated carbocycles. The average molecular weight is 228 g/mol. The fourth-order valence-corrected chi connectivity index (χ4v) is 1.30. The van der Waals surface area contributed by atoms with Gasteiger partial charge in [0.05, 0.1) is 0 Å². The fourth-order valence-electron chi connectivity index (χ4n) is 1.30. The van der Waals surface area contributed by atoms with Gasteiger partial charge in [0, 0.05) is 19.6 Å². The van der Waals surface area contributed by atoms with Gasteiger partial charge in [0.25, 0.3) is 0 Å². The largest absolute Gasteiger partial charge is 0.357 e. The van der Waals surface area contributed by atoms with Gasteiger partial charge in [-0.15, -0.1) is 0 Å². The van der Waals surface area contributed by atoms with Crippen LogP contribution in [0.5, 0.6) is 0 Å². The van der Waals surface area contributed by atoms with E-state index in [0.29, 0.717) is 0 Å². The van der Waals surface area contributed by atoms with E-state index in [1.54, 1.807) is 0 Å². The molecule has 0 rings (SSSR count). The highest BCUT2D eigenvalue weighted by Gasteiger charge is 1.95. The Hall–Kier alpha value is -0.770. The molecule has 4 nitrogen and oxygen atoms in total. The Morgan fingerprint density at radius 1 is 1.12 bits per heavy atom. The summed E-state index contributed by atoms with van der Waals surface area (Å²) in [5.41, 5.74) is 0. The SMILES string of the molecule is CCCCNC(=NCCCN(C)C)NCC. The highest BCUT2D eigenvalue weighted by molar-refractivity contribution is 5.79. The first kappa shape index (κ1) is 15.2. The van der Waals surface area contributed by atoms with Gasteiger partial charge in [0.15, 0.2) is 5.96 Å². The first-order valence-corrected chi connectivity index (χ1v) is 6.37. The second-order valence-electron chi connectivity index (χ2n) is 4.20. The van der Waals surface area contributed by atoms with Gasteiger partial charge >= 0.3 is 0 Å². The van der Waals surface area contributed by atoms with E-state index in [-0.39, 0.29) is 0 Å². The predicted octanol–water partition coefficient (Wildman–Crippen LogP) is 1.29. The number of rotatable bonds is 8. The molecule has 0 aromatic rings.